The van der Waals surface area contributed by atoms with Gasteiger partial charge < -0.3 is 9.88 Å². The summed E-state index contributed by atoms with van der Waals surface area (Å²) >= 11 is 0. The third kappa shape index (κ3) is 2.98. The molecule has 2 N–H and O–H groups in total. The summed E-state index contributed by atoms with van der Waals surface area (Å²) < 4.78 is 2.23. The zero-order valence-electron chi connectivity index (χ0n) is 11.3. The molecule has 0 atom stereocenters. The summed E-state index contributed by atoms with van der Waals surface area (Å²) in [5.41, 5.74) is 4.04. The summed E-state index contributed by atoms with van der Waals surface area (Å²) in [6, 6.07) is 2.25. The molecule has 0 bridgehead atoms. The molecule has 0 unspecified atom stereocenters. The third-order valence-electron chi connectivity index (χ3n) is 3.43. The first-order chi connectivity index (χ1) is 8.68. The predicted molar refractivity (Wildman–Crippen MR) is 71.3 cm³/mol. The van der Waals surface area contributed by atoms with Gasteiger partial charge in [-0.25, -0.2) is 4.98 Å². The second-order valence-corrected chi connectivity index (χ2v) is 4.67. The molecule has 0 amide bonds. The van der Waals surface area contributed by atoms with Gasteiger partial charge in [-0.1, -0.05) is 0 Å². The lowest BCUT2D eigenvalue weighted by molar-refractivity contribution is 0.636. The Morgan fingerprint density at radius 1 is 1.39 bits per heavy atom. The third-order valence-corrected chi connectivity index (χ3v) is 3.43. The van der Waals surface area contributed by atoms with Crippen LogP contribution < -0.4 is 5.32 Å². The van der Waals surface area contributed by atoms with Crippen molar-refractivity contribution in [2.24, 2.45) is 7.05 Å². The number of aryl methyl sites for hydroxylation is 2. The standard InChI is InChI=1S/C13H21N5/c1-10-7-12(11(2)18(10)3)8-14-6-4-5-13-15-9-16-17-13/h7,9,14H,4-6,8H2,1-3H3,(H,15,16,17). The van der Waals surface area contributed by atoms with E-state index in [1.54, 1.807) is 6.33 Å². The second-order valence-electron chi connectivity index (χ2n) is 4.67. The molecular weight excluding hydrogens is 226 g/mol. The molecule has 2 rings (SSSR count). The van der Waals surface area contributed by atoms with E-state index in [0.29, 0.717) is 0 Å². The molecule has 5 nitrogen and oxygen atoms in total. The monoisotopic (exact) mass is 247 g/mol. The number of hydrogen-bond acceptors (Lipinski definition) is 3. The van der Waals surface area contributed by atoms with Gasteiger partial charge in [0.05, 0.1) is 0 Å². The van der Waals surface area contributed by atoms with E-state index < -0.39 is 0 Å². The van der Waals surface area contributed by atoms with Crippen molar-refractivity contribution in [2.75, 3.05) is 6.54 Å². The highest BCUT2D eigenvalue weighted by Gasteiger charge is 2.05. The Balaban J connectivity index is 1.70. The highest BCUT2D eigenvalue weighted by Crippen LogP contribution is 2.12. The van der Waals surface area contributed by atoms with E-state index in [1.165, 1.54) is 17.0 Å². The van der Waals surface area contributed by atoms with E-state index in [2.05, 4.69) is 52.0 Å². The lowest BCUT2D eigenvalue weighted by Crippen LogP contribution is -2.16. The molecule has 2 heterocycles. The van der Waals surface area contributed by atoms with Crippen LogP contribution in [0.25, 0.3) is 0 Å². The van der Waals surface area contributed by atoms with Crippen molar-refractivity contribution < 1.29 is 0 Å². The molecule has 0 aromatic carbocycles. The lowest BCUT2D eigenvalue weighted by atomic mass is 10.2. The van der Waals surface area contributed by atoms with E-state index in [4.69, 9.17) is 0 Å². The maximum Gasteiger partial charge on any atom is 0.137 e. The number of rotatable bonds is 6. The van der Waals surface area contributed by atoms with E-state index in [9.17, 15) is 0 Å². The van der Waals surface area contributed by atoms with Crippen molar-refractivity contribution in [3.63, 3.8) is 0 Å². The van der Waals surface area contributed by atoms with Crippen LogP contribution >= 0.6 is 0 Å². The van der Waals surface area contributed by atoms with Crippen molar-refractivity contribution in [3.8, 4) is 0 Å². The van der Waals surface area contributed by atoms with E-state index in [1.807, 2.05) is 0 Å². The minimum absolute atomic E-state index is 0.934. The first-order valence-electron chi connectivity index (χ1n) is 6.35. The van der Waals surface area contributed by atoms with Crippen LogP contribution in [0, 0.1) is 13.8 Å². The van der Waals surface area contributed by atoms with E-state index >= 15 is 0 Å². The van der Waals surface area contributed by atoms with Gasteiger partial charge in [-0.15, -0.1) is 0 Å². The minimum Gasteiger partial charge on any atom is -0.352 e. The van der Waals surface area contributed by atoms with Crippen molar-refractivity contribution in [1.29, 1.82) is 0 Å². The van der Waals surface area contributed by atoms with Crippen LogP contribution in [0.4, 0.5) is 0 Å². The summed E-state index contributed by atoms with van der Waals surface area (Å²) in [5.74, 6) is 0.962. The van der Waals surface area contributed by atoms with E-state index in [0.717, 1.165) is 31.8 Å². The number of aromatic nitrogens is 4. The Labute approximate surface area is 108 Å². The minimum atomic E-state index is 0.934. The van der Waals surface area contributed by atoms with Crippen molar-refractivity contribution in [3.05, 3.63) is 35.2 Å². The molecule has 18 heavy (non-hydrogen) atoms. The molecule has 0 aliphatic heterocycles. The Morgan fingerprint density at radius 2 is 2.22 bits per heavy atom. The van der Waals surface area contributed by atoms with Crippen molar-refractivity contribution >= 4 is 0 Å². The van der Waals surface area contributed by atoms with Crippen molar-refractivity contribution in [2.45, 2.75) is 33.2 Å². The molecule has 2 aromatic heterocycles. The summed E-state index contributed by atoms with van der Waals surface area (Å²) in [6.45, 7) is 6.23. The highest BCUT2D eigenvalue weighted by atomic mass is 15.2. The lowest BCUT2D eigenvalue weighted by Gasteiger charge is -2.04. The predicted octanol–water partition coefficient (Wildman–Crippen LogP) is 1.48. The fourth-order valence-corrected chi connectivity index (χ4v) is 2.07. The van der Waals surface area contributed by atoms with Crippen LogP contribution in [0.2, 0.25) is 0 Å². The fraction of sp³-hybridized carbons (Fsp3) is 0.538. The van der Waals surface area contributed by atoms with Crippen LogP contribution in [0.3, 0.4) is 0 Å². The van der Waals surface area contributed by atoms with Crippen LogP contribution in [-0.4, -0.2) is 26.3 Å². The smallest absolute Gasteiger partial charge is 0.137 e. The van der Waals surface area contributed by atoms with Gasteiger partial charge in [-0.05, 0) is 38.4 Å². The van der Waals surface area contributed by atoms with Crippen molar-refractivity contribution in [1.82, 2.24) is 25.1 Å². The molecular formula is C13H21N5. The Morgan fingerprint density at radius 3 is 2.83 bits per heavy atom. The topological polar surface area (TPSA) is 58.5 Å². The van der Waals surface area contributed by atoms with Crippen LogP contribution in [0.5, 0.6) is 0 Å². The SMILES string of the molecule is Cc1cc(CNCCCc2ncn[nH]2)c(C)n1C. The molecule has 0 saturated carbocycles. The number of aromatic amines is 1. The maximum atomic E-state index is 4.10. The molecule has 0 fully saturated rings. The first-order valence-corrected chi connectivity index (χ1v) is 6.35. The zero-order chi connectivity index (χ0) is 13.0. The molecule has 0 aliphatic rings. The van der Waals surface area contributed by atoms with Gasteiger partial charge in [-0.2, -0.15) is 5.10 Å². The first kappa shape index (κ1) is 12.8. The van der Waals surface area contributed by atoms with Gasteiger partial charge >= 0.3 is 0 Å². The van der Waals surface area contributed by atoms with E-state index in [-0.39, 0.29) is 0 Å². The van der Waals surface area contributed by atoms with Gasteiger partial charge in [0.2, 0.25) is 0 Å². The quantitative estimate of drug-likeness (QED) is 0.760. The fourth-order valence-electron chi connectivity index (χ4n) is 2.07. The molecule has 0 aliphatic carbocycles. The van der Waals surface area contributed by atoms with Gasteiger partial charge in [0.15, 0.2) is 0 Å². The maximum absolute atomic E-state index is 4.10. The van der Waals surface area contributed by atoms with Gasteiger partial charge in [0.1, 0.15) is 12.2 Å². The summed E-state index contributed by atoms with van der Waals surface area (Å²) in [6.07, 6.45) is 3.57. The normalized spacial score (nSPS) is 11.1. The number of H-pyrrole nitrogens is 1. The summed E-state index contributed by atoms with van der Waals surface area (Å²) in [7, 11) is 2.11. The summed E-state index contributed by atoms with van der Waals surface area (Å²) in [5, 5.41) is 10.2. The molecule has 5 heteroatoms. The number of nitrogens with zero attached hydrogens (tertiary/aromatic N) is 3. The molecule has 0 saturated heterocycles. The summed E-state index contributed by atoms with van der Waals surface area (Å²) in [4.78, 5) is 4.10. The van der Waals surface area contributed by atoms with Gasteiger partial charge in [0.25, 0.3) is 0 Å². The molecule has 2 aromatic rings. The second kappa shape index (κ2) is 5.82. The number of hydrogen-bond donors (Lipinski definition) is 2. The van der Waals surface area contributed by atoms with Crippen LogP contribution in [0.15, 0.2) is 12.4 Å². The zero-order valence-corrected chi connectivity index (χ0v) is 11.3. The Bertz CT molecular complexity index is 484. The highest BCUT2D eigenvalue weighted by molar-refractivity contribution is 5.26. The van der Waals surface area contributed by atoms with Gasteiger partial charge in [0, 0.05) is 31.4 Å². The average Bonchev–Trinajstić information content (AvgIpc) is 2.95. The van der Waals surface area contributed by atoms with Crippen LogP contribution in [0.1, 0.15) is 29.2 Å². The Hall–Kier alpha value is -1.62. The molecule has 0 radical (unpaired) electrons. The Kier molecular flexibility index (Phi) is 4.15. The largest absolute Gasteiger partial charge is 0.352 e. The number of nitrogens with one attached hydrogen (secondary N) is 2. The molecule has 0 spiro atoms. The van der Waals surface area contributed by atoms with Crippen LogP contribution in [-0.2, 0) is 20.0 Å². The average molecular weight is 247 g/mol. The molecule has 98 valence electrons. The van der Waals surface area contributed by atoms with Gasteiger partial charge in [-0.3, -0.25) is 5.10 Å².